The Hall–Kier alpha value is -2.95. The number of carbonyl (C=O) groups is 2. The zero-order valence-electron chi connectivity index (χ0n) is 21.9. The van der Waals surface area contributed by atoms with Gasteiger partial charge in [-0.3, -0.25) is 4.90 Å². The van der Waals surface area contributed by atoms with Gasteiger partial charge in [0.2, 0.25) is 10.9 Å². The maximum Gasteiger partial charge on any atom is 0.407 e. The highest BCUT2D eigenvalue weighted by Gasteiger charge is 2.30. The molecule has 1 N–H and O–H groups in total. The third-order valence-corrected chi connectivity index (χ3v) is 7.00. The minimum absolute atomic E-state index is 0.00286. The van der Waals surface area contributed by atoms with Gasteiger partial charge in [0.25, 0.3) is 0 Å². The van der Waals surface area contributed by atoms with Crippen molar-refractivity contribution in [1.82, 2.24) is 14.5 Å². The fraction of sp³-hybridized carbons (Fsp3) is 0.481. The quantitative estimate of drug-likeness (QED) is 0.377. The highest BCUT2D eigenvalue weighted by molar-refractivity contribution is 7.69. The number of rotatable bonds is 9. The topological polar surface area (TPSA) is 105 Å². The molecule has 0 aromatic heterocycles. The van der Waals surface area contributed by atoms with E-state index in [2.05, 4.69) is 10.2 Å². The number of hydrogen-bond donors (Lipinski definition) is 2. The summed E-state index contributed by atoms with van der Waals surface area (Å²) in [7, 11) is -1.53. The van der Waals surface area contributed by atoms with Crippen molar-refractivity contribution >= 4 is 23.0 Å². The second-order valence-electron chi connectivity index (χ2n) is 10.2. The van der Waals surface area contributed by atoms with Gasteiger partial charge in [-0.15, -0.1) is 0 Å². The lowest BCUT2D eigenvalue weighted by Crippen LogP contribution is -2.48. The molecule has 1 atom stereocenters. The lowest BCUT2D eigenvalue weighted by molar-refractivity contribution is 0.0462. The number of nitrogens with one attached hydrogen (secondary N) is 1. The van der Waals surface area contributed by atoms with Crippen molar-refractivity contribution in [2.24, 2.45) is 0 Å². The molecule has 10 heteroatoms. The summed E-state index contributed by atoms with van der Waals surface area (Å²) in [6.07, 6.45) is 1.06. The van der Waals surface area contributed by atoms with Crippen molar-refractivity contribution in [1.29, 1.82) is 0 Å². The van der Waals surface area contributed by atoms with E-state index in [9.17, 15) is 18.0 Å². The Kier molecular flexibility index (Phi) is 10.1. The van der Waals surface area contributed by atoms with E-state index in [0.29, 0.717) is 18.7 Å². The van der Waals surface area contributed by atoms with Crippen LogP contribution in [0.4, 0.5) is 4.79 Å². The SMILES string of the molecule is COC(=O)c1ccc(CN(CC(c2ccccc2)N2CCC(NC(=O)OC(C)(C)C)CC2)[SH](=O)=O)cc1. The predicted octanol–water partition coefficient (Wildman–Crippen LogP) is 3.53. The van der Waals surface area contributed by atoms with Crippen molar-refractivity contribution in [2.75, 3.05) is 26.7 Å². The normalized spacial score (nSPS) is 15.9. The fourth-order valence-electron chi connectivity index (χ4n) is 4.40. The lowest BCUT2D eigenvalue weighted by Gasteiger charge is -2.39. The van der Waals surface area contributed by atoms with E-state index in [1.807, 2.05) is 51.1 Å². The molecule has 0 saturated carbocycles. The van der Waals surface area contributed by atoms with Gasteiger partial charge < -0.3 is 14.8 Å². The third kappa shape index (κ3) is 8.84. The summed E-state index contributed by atoms with van der Waals surface area (Å²) in [5.74, 6) is -0.438. The van der Waals surface area contributed by atoms with Crippen LogP contribution >= 0.6 is 0 Å². The summed E-state index contributed by atoms with van der Waals surface area (Å²) >= 11 is 0. The van der Waals surface area contributed by atoms with Gasteiger partial charge in [0.15, 0.2) is 0 Å². The van der Waals surface area contributed by atoms with E-state index in [-0.39, 0.29) is 25.2 Å². The van der Waals surface area contributed by atoms with Gasteiger partial charge in [-0.1, -0.05) is 42.5 Å². The Bertz CT molecular complexity index is 1100. The molecule has 0 aliphatic carbocycles. The number of nitrogens with zero attached hydrogens (tertiary/aromatic N) is 2. The number of thiol groups is 1. The van der Waals surface area contributed by atoms with Crippen molar-refractivity contribution < 1.29 is 27.5 Å². The number of carbonyl (C=O) groups excluding carboxylic acids is 2. The molecule has 3 rings (SSSR count). The highest BCUT2D eigenvalue weighted by Crippen LogP contribution is 2.27. The molecule has 0 bridgehead atoms. The molecule has 1 heterocycles. The van der Waals surface area contributed by atoms with Crippen molar-refractivity contribution in [3.63, 3.8) is 0 Å². The molecule has 0 spiro atoms. The number of methoxy groups -OCH3 is 1. The molecule has 37 heavy (non-hydrogen) atoms. The molecule has 2 aromatic rings. The number of alkyl carbamates (subject to hydrolysis) is 1. The first-order chi connectivity index (χ1) is 17.6. The minimum Gasteiger partial charge on any atom is -0.465 e. The number of esters is 1. The van der Waals surface area contributed by atoms with Crippen LogP contribution in [0.1, 0.15) is 61.1 Å². The van der Waals surface area contributed by atoms with E-state index >= 15 is 0 Å². The Balaban J connectivity index is 1.70. The van der Waals surface area contributed by atoms with E-state index in [0.717, 1.165) is 24.0 Å². The number of ether oxygens (including phenoxy) is 2. The van der Waals surface area contributed by atoms with Crippen LogP contribution in [-0.4, -0.2) is 68.1 Å². The van der Waals surface area contributed by atoms with Crippen molar-refractivity contribution in [3.05, 3.63) is 71.3 Å². The second kappa shape index (κ2) is 13.0. The summed E-state index contributed by atoms with van der Waals surface area (Å²) in [5.41, 5.74) is 1.67. The molecule has 1 aliphatic rings. The molecule has 1 amide bonds. The standard InChI is InChI=1S/C27H37N3O6S/c1-27(2,3)36-26(32)28-23-14-16-29(17-15-23)24(21-8-6-5-7-9-21)19-30(37(33)34)18-20-10-12-22(13-11-20)25(31)35-4/h5-13,23-24,37H,14-19H2,1-4H3,(H,28,32). The molecule has 1 saturated heterocycles. The van der Waals surface area contributed by atoms with Gasteiger partial charge in [0.05, 0.1) is 12.7 Å². The fourth-order valence-corrected chi connectivity index (χ4v) is 4.97. The second-order valence-corrected chi connectivity index (χ2v) is 11.2. The molecule has 0 radical (unpaired) electrons. The Morgan fingerprint density at radius 1 is 1.05 bits per heavy atom. The largest absolute Gasteiger partial charge is 0.465 e. The Morgan fingerprint density at radius 3 is 2.22 bits per heavy atom. The Morgan fingerprint density at radius 2 is 1.68 bits per heavy atom. The van der Waals surface area contributed by atoms with Crippen LogP contribution in [0.15, 0.2) is 54.6 Å². The van der Waals surface area contributed by atoms with Crippen LogP contribution in [0.25, 0.3) is 0 Å². The number of amides is 1. The molecule has 1 fully saturated rings. The van der Waals surface area contributed by atoms with Crippen LogP contribution in [-0.2, 0) is 26.9 Å². The first-order valence-corrected chi connectivity index (χ1v) is 13.5. The first kappa shape index (κ1) is 28.6. The smallest absolute Gasteiger partial charge is 0.407 e. The molecule has 9 nitrogen and oxygen atoms in total. The summed E-state index contributed by atoms with van der Waals surface area (Å²) in [4.78, 5) is 26.2. The molecule has 2 aromatic carbocycles. The average molecular weight is 532 g/mol. The van der Waals surface area contributed by atoms with Crippen LogP contribution in [0.5, 0.6) is 0 Å². The lowest BCUT2D eigenvalue weighted by atomic mass is 9.99. The summed E-state index contributed by atoms with van der Waals surface area (Å²) in [6, 6.07) is 16.5. The molecular formula is C27H37N3O6S. The molecule has 202 valence electrons. The predicted molar refractivity (Wildman–Crippen MR) is 142 cm³/mol. The number of piperidine rings is 1. The average Bonchev–Trinajstić information content (AvgIpc) is 2.86. The minimum atomic E-state index is -2.85. The molecule has 1 aliphatic heterocycles. The first-order valence-electron chi connectivity index (χ1n) is 12.4. The zero-order chi connectivity index (χ0) is 27.0. The van der Waals surface area contributed by atoms with Crippen LogP contribution in [0.3, 0.4) is 0 Å². The van der Waals surface area contributed by atoms with Crippen molar-refractivity contribution in [2.45, 2.75) is 57.8 Å². The van der Waals surface area contributed by atoms with Gasteiger partial charge in [0, 0.05) is 38.3 Å². The van der Waals surface area contributed by atoms with Crippen LogP contribution in [0, 0.1) is 0 Å². The number of hydrogen-bond acceptors (Lipinski definition) is 7. The van der Waals surface area contributed by atoms with Gasteiger partial charge in [0.1, 0.15) is 5.60 Å². The summed E-state index contributed by atoms with van der Waals surface area (Å²) < 4.78 is 36.1. The van der Waals surface area contributed by atoms with Gasteiger partial charge in [-0.25, -0.2) is 18.0 Å². The van der Waals surface area contributed by atoms with Crippen LogP contribution in [0.2, 0.25) is 0 Å². The van der Waals surface area contributed by atoms with Crippen molar-refractivity contribution in [3.8, 4) is 0 Å². The van der Waals surface area contributed by atoms with E-state index in [1.54, 1.807) is 24.3 Å². The number of likely N-dealkylation sites (tertiary alicyclic amines) is 1. The van der Waals surface area contributed by atoms with E-state index in [1.165, 1.54) is 11.4 Å². The zero-order valence-corrected chi connectivity index (χ0v) is 22.8. The molecule has 1 unspecified atom stereocenters. The summed E-state index contributed by atoms with van der Waals surface area (Å²) in [5, 5.41) is 2.96. The highest BCUT2D eigenvalue weighted by atomic mass is 32.2. The van der Waals surface area contributed by atoms with Crippen LogP contribution < -0.4 is 5.32 Å². The van der Waals surface area contributed by atoms with Gasteiger partial charge >= 0.3 is 12.1 Å². The molecular weight excluding hydrogens is 494 g/mol. The van der Waals surface area contributed by atoms with Gasteiger partial charge in [-0.2, -0.15) is 4.31 Å². The third-order valence-electron chi connectivity index (χ3n) is 6.23. The van der Waals surface area contributed by atoms with E-state index < -0.39 is 28.6 Å². The van der Waals surface area contributed by atoms with E-state index in [4.69, 9.17) is 9.47 Å². The summed E-state index contributed by atoms with van der Waals surface area (Å²) in [6.45, 7) is 7.39. The van der Waals surface area contributed by atoms with Gasteiger partial charge in [-0.05, 0) is 56.9 Å². The number of benzene rings is 2. The Labute approximate surface area is 220 Å². The maximum atomic E-state index is 12.3. The monoisotopic (exact) mass is 531 g/mol. The maximum absolute atomic E-state index is 12.3.